The Kier molecular flexibility index (Phi) is 3.89. The van der Waals surface area contributed by atoms with Crippen molar-refractivity contribution in [3.05, 3.63) is 29.8 Å². The van der Waals surface area contributed by atoms with Gasteiger partial charge in [0, 0.05) is 19.2 Å². The van der Waals surface area contributed by atoms with Gasteiger partial charge in [0.15, 0.2) is 5.78 Å². The predicted molar refractivity (Wildman–Crippen MR) is 64.3 cm³/mol. The highest BCUT2D eigenvalue weighted by Crippen LogP contribution is 2.20. The Balaban J connectivity index is 2.89. The van der Waals surface area contributed by atoms with Crippen LogP contribution in [0.4, 0.5) is 5.69 Å². The van der Waals surface area contributed by atoms with E-state index in [1.54, 1.807) is 0 Å². The zero-order chi connectivity index (χ0) is 11.4. The molecule has 82 valence electrons. The number of likely N-dealkylation sites (N-methyl/N-ethyl adjacent to an activating group) is 1. The highest BCUT2D eigenvalue weighted by atomic mass is 16.1. The first-order chi connectivity index (χ1) is 7.07. The fourth-order valence-electron chi connectivity index (χ4n) is 1.68. The summed E-state index contributed by atoms with van der Waals surface area (Å²) >= 11 is 0. The van der Waals surface area contributed by atoms with Gasteiger partial charge in [-0.25, -0.2) is 0 Å². The van der Waals surface area contributed by atoms with E-state index in [1.165, 1.54) is 5.56 Å². The van der Waals surface area contributed by atoms with Crippen molar-refractivity contribution in [1.29, 1.82) is 0 Å². The van der Waals surface area contributed by atoms with Gasteiger partial charge in [-0.3, -0.25) is 4.79 Å². The van der Waals surface area contributed by atoms with E-state index >= 15 is 0 Å². The highest BCUT2D eigenvalue weighted by molar-refractivity contribution is 5.86. The van der Waals surface area contributed by atoms with Crippen LogP contribution in [0.5, 0.6) is 0 Å². The topological polar surface area (TPSA) is 20.3 Å². The van der Waals surface area contributed by atoms with E-state index in [-0.39, 0.29) is 11.8 Å². The number of hydrogen-bond acceptors (Lipinski definition) is 2. The Morgan fingerprint density at radius 1 is 1.40 bits per heavy atom. The van der Waals surface area contributed by atoms with Crippen molar-refractivity contribution in [3.63, 3.8) is 0 Å². The van der Waals surface area contributed by atoms with E-state index in [4.69, 9.17) is 0 Å². The SMILES string of the molecule is CCC(=O)C(C)N(C)c1ccccc1C. The number of carbonyl (C=O) groups excluding carboxylic acids is 1. The number of aryl methyl sites for hydroxylation is 1. The Morgan fingerprint density at radius 3 is 2.53 bits per heavy atom. The van der Waals surface area contributed by atoms with Gasteiger partial charge in [0.05, 0.1) is 6.04 Å². The Morgan fingerprint density at radius 2 is 2.00 bits per heavy atom. The van der Waals surface area contributed by atoms with Gasteiger partial charge < -0.3 is 4.90 Å². The van der Waals surface area contributed by atoms with Crippen molar-refractivity contribution in [3.8, 4) is 0 Å². The number of carbonyl (C=O) groups is 1. The molecular formula is C13H19NO. The zero-order valence-electron chi connectivity index (χ0n) is 9.95. The van der Waals surface area contributed by atoms with E-state index in [2.05, 4.69) is 19.1 Å². The van der Waals surface area contributed by atoms with Crippen LogP contribution in [-0.2, 0) is 4.79 Å². The number of para-hydroxylation sites is 1. The number of anilines is 1. The smallest absolute Gasteiger partial charge is 0.154 e. The summed E-state index contributed by atoms with van der Waals surface area (Å²) in [5.41, 5.74) is 2.34. The van der Waals surface area contributed by atoms with E-state index in [1.807, 2.05) is 37.9 Å². The molecule has 1 rings (SSSR count). The summed E-state index contributed by atoms with van der Waals surface area (Å²) < 4.78 is 0. The van der Waals surface area contributed by atoms with Crippen molar-refractivity contribution in [2.45, 2.75) is 33.2 Å². The lowest BCUT2D eigenvalue weighted by molar-refractivity contribution is -0.119. The van der Waals surface area contributed by atoms with Gasteiger partial charge in [0.1, 0.15) is 0 Å². The fraction of sp³-hybridized carbons (Fsp3) is 0.462. The molecule has 1 aromatic carbocycles. The molecule has 0 bridgehead atoms. The van der Waals surface area contributed by atoms with Crippen LogP contribution >= 0.6 is 0 Å². The van der Waals surface area contributed by atoms with Gasteiger partial charge in [0.2, 0.25) is 0 Å². The molecule has 0 N–H and O–H groups in total. The molecule has 1 atom stereocenters. The molecule has 1 unspecified atom stereocenters. The van der Waals surface area contributed by atoms with Gasteiger partial charge in [-0.2, -0.15) is 0 Å². The highest BCUT2D eigenvalue weighted by Gasteiger charge is 2.17. The van der Waals surface area contributed by atoms with Crippen LogP contribution in [0.3, 0.4) is 0 Å². The van der Waals surface area contributed by atoms with Gasteiger partial charge >= 0.3 is 0 Å². The van der Waals surface area contributed by atoms with Gasteiger partial charge in [-0.1, -0.05) is 25.1 Å². The van der Waals surface area contributed by atoms with E-state index in [0.717, 1.165) is 5.69 Å². The number of nitrogens with zero attached hydrogens (tertiary/aromatic N) is 1. The monoisotopic (exact) mass is 205 g/mol. The molecule has 0 saturated carbocycles. The zero-order valence-corrected chi connectivity index (χ0v) is 9.95. The molecular weight excluding hydrogens is 186 g/mol. The fourth-order valence-corrected chi connectivity index (χ4v) is 1.68. The van der Waals surface area contributed by atoms with Crippen LogP contribution in [0.1, 0.15) is 25.8 Å². The minimum atomic E-state index is -0.0453. The maximum absolute atomic E-state index is 11.6. The molecule has 0 spiro atoms. The Bertz CT molecular complexity index is 346. The van der Waals surface area contributed by atoms with E-state index in [9.17, 15) is 4.79 Å². The second-order valence-corrected chi connectivity index (χ2v) is 3.89. The van der Waals surface area contributed by atoms with Gasteiger partial charge in [0.25, 0.3) is 0 Å². The standard InChI is InChI=1S/C13H19NO/c1-5-13(15)11(3)14(4)12-9-7-6-8-10(12)2/h6-9,11H,5H2,1-4H3. The molecule has 0 aromatic heterocycles. The molecule has 0 radical (unpaired) electrons. The van der Waals surface area contributed by atoms with E-state index < -0.39 is 0 Å². The Labute approximate surface area is 91.9 Å². The first-order valence-electron chi connectivity index (χ1n) is 5.39. The summed E-state index contributed by atoms with van der Waals surface area (Å²) in [6, 6.07) is 8.08. The summed E-state index contributed by atoms with van der Waals surface area (Å²) in [6.07, 6.45) is 0.595. The third-order valence-corrected chi connectivity index (χ3v) is 2.89. The van der Waals surface area contributed by atoms with Gasteiger partial charge in [-0.05, 0) is 25.5 Å². The molecule has 2 heteroatoms. The van der Waals surface area contributed by atoms with Gasteiger partial charge in [-0.15, -0.1) is 0 Å². The van der Waals surface area contributed by atoms with Crippen LogP contribution in [0.15, 0.2) is 24.3 Å². The van der Waals surface area contributed by atoms with Crippen molar-refractivity contribution in [2.24, 2.45) is 0 Å². The minimum Gasteiger partial charge on any atom is -0.365 e. The van der Waals surface area contributed by atoms with Crippen LogP contribution in [0.25, 0.3) is 0 Å². The molecule has 1 aromatic rings. The molecule has 0 aliphatic heterocycles. The third kappa shape index (κ3) is 2.58. The molecule has 2 nitrogen and oxygen atoms in total. The number of rotatable bonds is 4. The summed E-state index contributed by atoms with van der Waals surface area (Å²) in [6.45, 7) is 5.93. The quantitative estimate of drug-likeness (QED) is 0.753. The van der Waals surface area contributed by atoms with Crippen molar-refractivity contribution < 1.29 is 4.79 Å². The van der Waals surface area contributed by atoms with Crippen molar-refractivity contribution >= 4 is 11.5 Å². The molecule has 0 saturated heterocycles. The average Bonchev–Trinajstić information content (AvgIpc) is 2.26. The number of ketones is 1. The normalized spacial score (nSPS) is 12.3. The number of Topliss-reactive ketones (excluding diaryl/α,β-unsaturated/α-hetero) is 1. The lowest BCUT2D eigenvalue weighted by Crippen LogP contribution is -2.36. The summed E-state index contributed by atoms with van der Waals surface area (Å²) in [5, 5.41) is 0. The van der Waals surface area contributed by atoms with E-state index in [0.29, 0.717) is 6.42 Å². The maximum atomic E-state index is 11.6. The number of benzene rings is 1. The molecule has 15 heavy (non-hydrogen) atoms. The average molecular weight is 205 g/mol. The molecule has 0 aliphatic rings. The largest absolute Gasteiger partial charge is 0.365 e. The van der Waals surface area contributed by atoms with Crippen LogP contribution < -0.4 is 4.90 Å². The summed E-state index contributed by atoms with van der Waals surface area (Å²) in [5.74, 6) is 0.278. The van der Waals surface area contributed by atoms with Crippen molar-refractivity contribution in [1.82, 2.24) is 0 Å². The molecule has 0 heterocycles. The molecule has 0 aliphatic carbocycles. The number of hydrogen-bond donors (Lipinski definition) is 0. The first kappa shape index (κ1) is 11.8. The predicted octanol–water partition coefficient (Wildman–Crippen LogP) is 2.80. The van der Waals surface area contributed by atoms with Crippen LogP contribution in [-0.4, -0.2) is 18.9 Å². The maximum Gasteiger partial charge on any atom is 0.154 e. The summed E-state index contributed by atoms with van der Waals surface area (Å²) in [4.78, 5) is 13.6. The first-order valence-corrected chi connectivity index (χ1v) is 5.39. The second-order valence-electron chi connectivity index (χ2n) is 3.89. The minimum absolute atomic E-state index is 0.0453. The van der Waals surface area contributed by atoms with Crippen molar-refractivity contribution in [2.75, 3.05) is 11.9 Å². The third-order valence-electron chi connectivity index (χ3n) is 2.89. The summed E-state index contributed by atoms with van der Waals surface area (Å²) in [7, 11) is 1.97. The lowest BCUT2D eigenvalue weighted by atomic mass is 10.1. The second kappa shape index (κ2) is 4.96. The lowest BCUT2D eigenvalue weighted by Gasteiger charge is -2.27. The Hall–Kier alpha value is -1.31. The van der Waals surface area contributed by atoms with Crippen LogP contribution in [0, 0.1) is 6.92 Å². The molecule has 0 amide bonds. The molecule has 0 fully saturated rings. The van der Waals surface area contributed by atoms with Crippen LogP contribution in [0.2, 0.25) is 0 Å².